The second-order valence-corrected chi connectivity index (χ2v) is 2.96. The van der Waals surface area contributed by atoms with E-state index in [9.17, 15) is 4.79 Å². The SMILES string of the molecule is CC1(C)C(=O)C[C@H]1N. The number of nitrogens with two attached hydrogens (primary N) is 1. The van der Waals surface area contributed by atoms with E-state index >= 15 is 0 Å². The number of carbonyl (C=O) groups excluding carboxylic acids is 1. The molecule has 0 aromatic rings. The van der Waals surface area contributed by atoms with Crippen LogP contribution >= 0.6 is 0 Å². The Balaban J connectivity index is 2.66. The smallest absolute Gasteiger partial charge is 0.141 e. The van der Waals surface area contributed by atoms with Crippen molar-refractivity contribution in [1.82, 2.24) is 0 Å². The first-order valence-electron chi connectivity index (χ1n) is 2.84. The van der Waals surface area contributed by atoms with Crippen LogP contribution in [0.4, 0.5) is 0 Å². The van der Waals surface area contributed by atoms with Crippen LogP contribution in [0.3, 0.4) is 0 Å². The van der Waals surface area contributed by atoms with Gasteiger partial charge in [-0.2, -0.15) is 0 Å². The van der Waals surface area contributed by atoms with Crippen LogP contribution in [-0.2, 0) is 4.79 Å². The van der Waals surface area contributed by atoms with Gasteiger partial charge in [-0.25, -0.2) is 0 Å². The highest BCUT2D eigenvalue weighted by molar-refractivity contribution is 5.91. The normalized spacial score (nSPS) is 34.4. The molecule has 0 amide bonds. The van der Waals surface area contributed by atoms with Crippen LogP contribution in [0.25, 0.3) is 0 Å². The highest BCUT2D eigenvalue weighted by atomic mass is 16.1. The Morgan fingerprint density at radius 2 is 2.25 bits per heavy atom. The van der Waals surface area contributed by atoms with Crippen LogP contribution in [-0.4, -0.2) is 11.8 Å². The summed E-state index contributed by atoms with van der Waals surface area (Å²) in [4.78, 5) is 10.7. The maximum atomic E-state index is 10.7. The fourth-order valence-corrected chi connectivity index (χ4v) is 0.794. The summed E-state index contributed by atoms with van der Waals surface area (Å²) in [6, 6.07) is 0.106. The molecule has 1 fully saturated rings. The van der Waals surface area contributed by atoms with Crippen molar-refractivity contribution >= 4 is 5.78 Å². The average molecular weight is 113 g/mol. The van der Waals surface area contributed by atoms with Gasteiger partial charge in [0.25, 0.3) is 0 Å². The van der Waals surface area contributed by atoms with E-state index in [2.05, 4.69) is 0 Å². The first kappa shape index (κ1) is 5.76. The first-order valence-corrected chi connectivity index (χ1v) is 2.84. The minimum absolute atomic E-state index is 0.106. The van der Waals surface area contributed by atoms with E-state index in [4.69, 9.17) is 5.73 Å². The van der Waals surface area contributed by atoms with Crippen LogP contribution in [0.15, 0.2) is 0 Å². The molecule has 0 unspecified atom stereocenters. The van der Waals surface area contributed by atoms with Crippen LogP contribution in [0, 0.1) is 5.41 Å². The Hall–Kier alpha value is -0.370. The molecule has 1 saturated carbocycles. The van der Waals surface area contributed by atoms with Crippen molar-refractivity contribution in [1.29, 1.82) is 0 Å². The van der Waals surface area contributed by atoms with Gasteiger partial charge in [0.15, 0.2) is 0 Å². The van der Waals surface area contributed by atoms with Gasteiger partial charge in [0.1, 0.15) is 5.78 Å². The highest BCUT2D eigenvalue weighted by Gasteiger charge is 2.44. The van der Waals surface area contributed by atoms with Crippen LogP contribution in [0.1, 0.15) is 20.3 Å². The fraction of sp³-hybridized carbons (Fsp3) is 0.833. The van der Waals surface area contributed by atoms with E-state index in [0.717, 1.165) is 0 Å². The number of carbonyl (C=O) groups is 1. The third-order valence-electron chi connectivity index (χ3n) is 2.05. The molecule has 0 radical (unpaired) electrons. The zero-order valence-corrected chi connectivity index (χ0v) is 5.27. The minimum atomic E-state index is -0.222. The molecule has 1 atom stereocenters. The minimum Gasteiger partial charge on any atom is -0.326 e. The third-order valence-corrected chi connectivity index (χ3v) is 2.05. The number of hydrogen-bond donors (Lipinski definition) is 1. The summed E-state index contributed by atoms with van der Waals surface area (Å²) in [6.07, 6.45) is 0.576. The highest BCUT2D eigenvalue weighted by Crippen LogP contribution is 2.34. The Morgan fingerprint density at radius 3 is 2.25 bits per heavy atom. The average Bonchev–Trinajstić information content (AvgIpc) is 1.68. The zero-order valence-electron chi connectivity index (χ0n) is 5.27. The van der Waals surface area contributed by atoms with E-state index in [-0.39, 0.29) is 11.5 Å². The lowest BCUT2D eigenvalue weighted by molar-refractivity contribution is -0.137. The lowest BCUT2D eigenvalue weighted by Crippen LogP contribution is -2.54. The summed E-state index contributed by atoms with van der Waals surface area (Å²) >= 11 is 0. The summed E-state index contributed by atoms with van der Waals surface area (Å²) in [5, 5.41) is 0. The Labute approximate surface area is 49.1 Å². The van der Waals surface area contributed by atoms with E-state index < -0.39 is 0 Å². The molecule has 2 heteroatoms. The molecule has 0 heterocycles. The predicted octanol–water partition coefficient (Wildman–Crippen LogP) is 0.313. The van der Waals surface area contributed by atoms with Gasteiger partial charge in [0.05, 0.1) is 0 Å². The molecule has 1 aliphatic carbocycles. The molecule has 2 nitrogen and oxygen atoms in total. The number of Topliss-reactive ketones (excluding diaryl/α,β-unsaturated/α-hetero) is 1. The van der Waals surface area contributed by atoms with Gasteiger partial charge in [-0.1, -0.05) is 13.8 Å². The molecular weight excluding hydrogens is 102 g/mol. The number of rotatable bonds is 0. The van der Waals surface area contributed by atoms with Gasteiger partial charge < -0.3 is 5.73 Å². The van der Waals surface area contributed by atoms with Gasteiger partial charge in [0.2, 0.25) is 0 Å². The van der Waals surface area contributed by atoms with Gasteiger partial charge in [-0.05, 0) is 0 Å². The topological polar surface area (TPSA) is 43.1 Å². The van der Waals surface area contributed by atoms with Gasteiger partial charge >= 0.3 is 0 Å². The molecular formula is C6H11NO. The maximum absolute atomic E-state index is 10.7. The molecule has 0 aromatic heterocycles. The number of ketones is 1. The number of hydrogen-bond acceptors (Lipinski definition) is 2. The lowest BCUT2D eigenvalue weighted by atomic mass is 9.67. The lowest BCUT2D eigenvalue weighted by Gasteiger charge is -2.39. The van der Waals surface area contributed by atoms with E-state index in [0.29, 0.717) is 12.2 Å². The molecule has 0 spiro atoms. The second-order valence-electron chi connectivity index (χ2n) is 2.96. The first-order chi connectivity index (χ1) is 3.55. The van der Waals surface area contributed by atoms with Crippen molar-refractivity contribution in [3.8, 4) is 0 Å². The Morgan fingerprint density at radius 1 is 1.75 bits per heavy atom. The van der Waals surface area contributed by atoms with Crippen LogP contribution < -0.4 is 5.73 Å². The molecule has 0 aliphatic heterocycles. The van der Waals surface area contributed by atoms with Gasteiger partial charge in [-0.15, -0.1) is 0 Å². The molecule has 0 aromatic carbocycles. The molecule has 46 valence electrons. The largest absolute Gasteiger partial charge is 0.326 e. The van der Waals surface area contributed by atoms with Crippen molar-refractivity contribution < 1.29 is 4.79 Å². The molecule has 1 aliphatic rings. The molecule has 8 heavy (non-hydrogen) atoms. The van der Waals surface area contributed by atoms with Crippen LogP contribution in [0.2, 0.25) is 0 Å². The predicted molar refractivity (Wildman–Crippen MR) is 31.4 cm³/mol. The van der Waals surface area contributed by atoms with Crippen molar-refractivity contribution in [2.24, 2.45) is 11.1 Å². The molecule has 0 bridgehead atoms. The van der Waals surface area contributed by atoms with Crippen LogP contribution in [0.5, 0.6) is 0 Å². The standard InChI is InChI=1S/C6H11NO/c1-6(2)4(7)3-5(6)8/h4H,3,7H2,1-2H3/t4-/m1/s1. The molecule has 1 rings (SSSR count). The summed E-state index contributed by atoms with van der Waals surface area (Å²) < 4.78 is 0. The summed E-state index contributed by atoms with van der Waals surface area (Å²) in [7, 11) is 0. The zero-order chi connectivity index (χ0) is 6.36. The molecule has 2 N–H and O–H groups in total. The monoisotopic (exact) mass is 113 g/mol. The third kappa shape index (κ3) is 0.494. The summed E-state index contributed by atoms with van der Waals surface area (Å²) in [5.41, 5.74) is 5.30. The van der Waals surface area contributed by atoms with E-state index in [1.54, 1.807) is 0 Å². The fourth-order valence-electron chi connectivity index (χ4n) is 0.794. The quantitative estimate of drug-likeness (QED) is 0.491. The van der Waals surface area contributed by atoms with Crippen molar-refractivity contribution in [2.45, 2.75) is 26.3 Å². The van der Waals surface area contributed by atoms with E-state index in [1.165, 1.54) is 0 Å². The van der Waals surface area contributed by atoms with E-state index in [1.807, 2.05) is 13.8 Å². The van der Waals surface area contributed by atoms with Gasteiger partial charge in [-0.3, -0.25) is 4.79 Å². The Bertz CT molecular complexity index is 128. The maximum Gasteiger partial charge on any atom is 0.141 e. The second kappa shape index (κ2) is 1.32. The van der Waals surface area contributed by atoms with Crippen molar-refractivity contribution in [3.05, 3.63) is 0 Å². The van der Waals surface area contributed by atoms with Crippen molar-refractivity contribution in [3.63, 3.8) is 0 Å². The van der Waals surface area contributed by atoms with Gasteiger partial charge in [0, 0.05) is 17.9 Å². The summed E-state index contributed by atoms with van der Waals surface area (Å²) in [6.45, 7) is 3.78. The Kier molecular flexibility index (Phi) is 0.949. The molecule has 0 saturated heterocycles. The summed E-state index contributed by atoms with van der Waals surface area (Å²) in [5.74, 6) is 0.296. The van der Waals surface area contributed by atoms with Crippen molar-refractivity contribution in [2.75, 3.05) is 0 Å².